The van der Waals surface area contributed by atoms with E-state index in [1.807, 2.05) is 6.92 Å². The smallest absolute Gasteiger partial charge is 0.223 e. The predicted octanol–water partition coefficient (Wildman–Crippen LogP) is -0.00140. The van der Waals surface area contributed by atoms with Crippen molar-refractivity contribution in [3.05, 3.63) is 0 Å². The lowest BCUT2D eigenvalue weighted by Crippen LogP contribution is -2.42. The summed E-state index contributed by atoms with van der Waals surface area (Å²) in [6.45, 7) is 2.44. The van der Waals surface area contributed by atoms with E-state index < -0.39 is 10.8 Å². The first kappa shape index (κ1) is 12.6. The second kappa shape index (κ2) is 6.23. The Labute approximate surface area is 93.4 Å². The topological polar surface area (TPSA) is 72.2 Å². The van der Waals surface area contributed by atoms with Gasteiger partial charge in [0.1, 0.15) is 0 Å². The molecule has 1 unspecified atom stereocenters. The summed E-state index contributed by atoms with van der Waals surface area (Å²) in [4.78, 5) is 11.6. The standard InChI is InChI=1S/C10H20N2O2S/c1-8(2-5-11)10(13)12-9-3-6-15(14)7-4-9/h8-9H,2-7,11H2,1H3,(H,12,13). The second-order valence-corrected chi connectivity index (χ2v) is 5.81. The highest BCUT2D eigenvalue weighted by Crippen LogP contribution is 2.10. The van der Waals surface area contributed by atoms with Crippen LogP contribution in [0.25, 0.3) is 0 Å². The van der Waals surface area contributed by atoms with E-state index in [1.165, 1.54) is 0 Å². The summed E-state index contributed by atoms with van der Waals surface area (Å²) in [6, 6.07) is 0.218. The van der Waals surface area contributed by atoms with E-state index in [2.05, 4.69) is 5.32 Å². The Morgan fingerprint density at radius 2 is 2.13 bits per heavy atom. The van der Waals surface area contributed by atoms with E-state index in [0.717, 1.165) is 30.8 Å². The molecule has 0 radical (unpaired) electrons. The Hall–Kier alpha value is -0.420. The van der Waals surface area contributed by atoms with Gasteiger partial charge in [0.15, 0.2) is 0 Å². The Kier molecular flexibility index (Phi) is 5.25. The molecule has 0 spiro atoms. The van der Waals surface area contributed by atoms with Gasteiger partial charge >= 0.3 is 0 Å². The number of hydrogen-bond acceptors (Lipinski definition) is 3. The van der Waals surface area contributed by atoms with Crippen LogP contribution in [0.15, 0.2) is 0 Å². The zero-order valence-corrected chi connectivity index (χ0v) is 10.0. The first-order valence-corrected chi connectivity index (χ1v) is 6.97. The maximum atomic E-state index is 11.6. The SMILES string of the molecule is CC(CCN)C(=O)NC1CCS(=O)CC1. The molecule has 1 rings (SSSR count). The number of rotatable bonds is 4. The van der Waals surface area contributed by atoms with E-state index in [0.29, 0.717) is 6.54 Å². The van der Waals surface area contributed by atoms with Crippen LogP contribution >= 0.6 is 0 Å². The Balaban J connectivity index is 2.28. The van der Waals surface area contributed by atoms with Gasteiger partial charge in [-0.2, -0.15) is 0 Å². The third-order valence-electron chi connectivity index (χ3n) is 2.78. The predicted molar refractivity (Wildman–Crippen MR) is 61.9 cm³/mol. The minimum absolute atomic E-state index is 0.0116. The van der Waals surface area contributed by atoms with Crippen LogP contribution in [-0.2, 0) is 15.6 Å². The van der Waals surface area contributed by atoms with Crippen molar-refractivity contribution in [3.8, 4) is 0 Å². The number of amides is 1. The first-order chi connectivity index (χ1) is 7.13. The molecular weight excluding hydrogens is 212 g/mol. The van der Waals surface area contributed by atoms with Gasteiger partial charge in [-0.25, -0.2) is 0 Å². The number of hydrogen-bond donors (Lipinski definition) is 2. The Bertz CT molecular complexity index is 236. The maximum absolute atomic E-state index is 11.6. The van der Waals surface area contributed by atoms with Crippen molar-refractivity contribution in [2.75, 3.05) is 18.1 Å². The largest absolute Gasteiger partial charge is 0.353 e. The Morgan fingerprint density at radius 1 is 1.53 bits per heavy atom. The molecule has 3 N–H and O–H groups in total. The van der Waals surface area contributed by atoms with E-state index in [4.69, 9.17) is 5.73 Å². The van der Waals surface area contributed by atoms with Crippen molar-refractivity contribution in [2.24, 2.45) is 11.7 Å². The van der Waals surface area contributed by atoms with Gasteiger partial charge in [0.05, 0.1) is 0 Å². The van der Waals surface area contributed by atoms with Crippen molar-refractivity contribution < 1.29 is 9.00 Å². The van der Waals surface area contributed by atoms with Crippen molar-refractivity contribution in [1.29, 1.82) is 0 Å². The summed E-state index contributed by atoms with van der Waals surface area (Å²) in [5, 5.41) is 3.00. The number of nitrogens with two attached hydrogens (primary N) is 1. The van der Waals surface area contributed by atoms with Gasteiger partial charge in [-0.1, -0.05) is 6.92 Å². The fourth-order valence-electron chi connectivity index (χ4n) is 1.66. The molecule has 0 aromatic heterocycles. The quantitative estimate of drug-likeness (QED) is 0.716. The summed E-state index contributed by atoms with van der Waals surface area (Å²) >= 11 is 0. The average molecular weight is 232 g/mol. The van der Waals surface area contributed by atoms with Crippen LogP contribution in [0.1, 0.15) is 26.2 Å². The summed E-state index contributed by atoms with van der Waals surface area (Å²) in [5.41, 5.74) is 5.40. The molecule has 0 aromatic carbocycles. The molecule has 1 aliphatic heterocycles. The molecule has 1 heterocycles. The maximum Gasteiger partial charge on any atom is 0.223 e. The van der Waals surface area contributed by atoms with Gasteiger partial charge < -0.3 is 11.1 Å². The first-order valence-electron chi connectivity index (χ1n) is 5.49. The molecule has 1 amide bonds. The Morgan fingerprint density at radius 3 is 2.67 bits per heavy atom. The highest BCUT2D eigenvalue weighted by atomic mass is 32.2. The lowest BCUT2D eigenvalue weighted by molar-refractivity contribution is -0.125. The number of carbonyl (C=O) groups excluding carboxylic acids is 1. The van der Waals surface area contributed by atoms with Gasteiger partial charge in [0, 0.05) is 34.3 Å². The molecule has 0 aliphatic carbocycles. The normalized spacial score (nSPS) is 28.4. The molecule has 0 bridgehead atoms. The summed E-state index contributed by atoms with van der Waals surface area (Å²) in [6.07, 6.45) is 2.41. The molecule has 15 heavy (non-hydrogen) atoms. The van der Waals surface area contributed by atoms with Crippen LogP contribution in [-0.4, -0.2) is 34.2 Å². The van der Waals surface area contributed by atoms with Crippen LogP contribution in [0.5, 0.6) is 0 Å². The molecule has 1 aliphatic rings. The van der Waals surface area contributed by atoms with E-state index in [-0.39, 0.29) is 17.9 Å². The molecule has 0 saturated carbocycles. The molecular formula is C10H20N2O2S. The van der Waals surface area contributed by atoms with Crippen LogP contribution in [0.4, 0.5) is 0 Å². The van der Waals surface area contributed by atoms with E-state index in [9.17, 15) is 9.00 Å². The summed E-state index contributed by atoms with van der Waals surface area (Å²) in [7, 11) is -0.661. The van der Waals surface area contributed by atoms with Crippen molar-refractivity contribution >= 4 is 16.7 Å². The molecule has 88 valence electrons. The molecule has 4 nitrogen and oxygen atoms in total. The average Bonchev–Trinajstić information content (AvgIpc) is 2.22. The van der Waals surface area contributed by atoms with E-state index >= 15 is 0 Å². The van der Waals surface area contributed by atoms with Crippen LogP contribution in [0.3, 0.4) is 0 Å². The highest BCUT2D eigenvalue weighted by molar-refractivity contribution is 7.85. The van der Waals surface area contributed by atoms with Gasteiger partial charge in [-0.3, -0.25) is 9.00 Å². The second-order valence-electron chi connectivity index (χ2n) is 4.11. The zero-order valence-electron chi connectivity index (χ0n) is 9.20. The fraction of sp³-hybridized carbons (Fsp3) is 0.900. The van der Waals surface area contributed by atoms with Gasteiger partial charge in [-0.15, -0.1) is 0 Å². The van der Waals surface area contributed by atoms with Crippen LogP contribution in [0, 0.1) is 5.92 Å². The molecule has 1 atom stereocenters. The van der Waals surface area contributed by atoms with Gasteiger partial charge in [-0.05, 0) is 25.8 Å². The lowest BCUT2D eigenvalue weighted by Gasteiger charge is -2.24. The summed E-state index contributed by atoms with van der Waals surface area (Å²) < 4.78 is 11.1. The van der Waals surface area contributed by atoms with Crippen LogP contribution < -0.4 is 11.1 Å². The molecule has 1 saturated heterocycles. The third kappa shape index (κ3) is 4.30. The minimum atomic E-state index is -0.661. The number of nitrogens with one attached hydrogen (secondary N) is 1. The summed E-state index contributed by atoms with van der Waals surface area (Å²) in [5.74, 6) is 1.51. The highest BCUT2D eigenvalue weighted by Gasteiger charge is 2.21. The molecule has 5 heteroatoms. The minimum Gasteiger partial charge on any atom is -0.353 e. The van der Waals surface area contributed by atoms with Crippen molar-refractivity contribution in [3.63, 3.8) is 0 Å². The van der Waals surface area contributed by atoms with Crippen LogP contribution in [0.2, 0.25) is 0 Å². The van der Waals surface area contributed by atoms with Crippen molar-refractivity contribution in [2.45, 2.75) is 32.2 Å². The molecule has 1 fully saturated rings. The lowest BCUT2D eigenvalue weighted by atomic mass is 10.1. The zero-order chi connectivity index (χ0) is 11.3. The monoisotopic (exact) mass is 232 g/mol. The van der Waals surface area contributed by atoms with Gasteiger partial charge in [0.2, 0.25) is 5.91 Å². The van der Waals surface area contributed by atoms with E-state index in [1.54, 1.807) is 0 Å². The molecule has 0 aromatic rings. The van der Waals surface area contributed by atoms with Gasteiger partial charge in [0.25, 0.3) is 0 Å². The third-order valence-corrected chi connectivity index (χ3v) is 4.16. The van der Waals surface area contributed by atoms with Crippen molar-refractivity contribution in [1.82, 2.24) is 5.32 Å². The fourth-order valence-corrected chi connectivity index (χ4v) is 2.96. The number of carbonyl (C=O) groups is 1.